The topological polar surface area (TPSA) is 45.2 Å². The molecular formula is C37H53ClF3N3O3. The number of carbonyl (C=O) groups is 1. The Morgan fingerprint density at radius 1 is 0.979 bits per heavy atom. The van der Waals surface area contributed by atoms with Crippen molar-refractivity contribution in [2.45, 2.75) is 115 Å². The summed E-state index contributed by atoms with van der Waals surface area (Å²) in [7, 11) is 6.26. The lowest BCUT2D eigenvalue weighted by Crippen LogP contribution is -2.44. The van der Waals surface area contributed by atoms with Crippen molar-refractivity contribution in [3.63, 3.8) is 0 Å². The number of rotatable bonds is 11. The summed E-state index contributed by atoms with van der Waals surface area (Å²) in [6, 6.07) is 14.1. The van der Waals surface area contributed by atoms with Crippen LogP contribution >= 0.6 is 11.6 Å². The first-order chi connectivity index (χ1) is 22.0. The molecule has 1 saturated heterocycles. The zero-order valence-corrected chi connectivity index (χ0v) is 29.8. The third kappa shape index (κ3) is 10.7. The molecule has 2 aromatic carbocycles. The summed E-state index contributed by atoms with van der Waals surface area (Å²) in [5.74, 6) is -0.304. The molecule has 262 valence electrons. The molecule has 10 heteroatoms. The van der Waals surface area contributed by atoms with Gasteiger partial charge in [0.1, 0.15) is 11.6 Å². The monoisotopic (exact) mass is 679 g/mol. The molecule has 4 rings (SSSR count). The molecule has 1 aliphatic carbocycles. The third-order valence-corrected chi connectivity index (χ3v) is 10.00. The van der Waals surface area contributed by atoms with Gasteiger partial charge in [0, 0.05) is 36.7 Å². The second-order valence-corrected chi connectivity index (χ2v) is 15.1. The van der Waals surface area contributed by atoms with E-state index in [4.69, 9.17) is 16.3 Å². The van der Waals surface area contributed by atoms with Crippen molar-refractivity contribution in [3.8, 4) is 0 Å². The lowest BCUT2D eigenvalue weighted by atomic mass is 9.77. The zero-order chi connectivity index (χ0) is 34.5. The van der Waals surface area contributed by atoms with Crippen LogP contribution in [0, 0.1) is 6.92 Å². The van der Waals surface area contributed by atoms with Crippen molar-refractivity contribution in [2.75, 3.05) is 40.8 Å². The highest BCUT2D eigenvalue weighted by Gasteiger charge is 2.38. The van der Waals surface area contributed by atoms with Crippen molar-refractivity contribution >= 4 is 17.6 Å². The maximum atomic E-state index is 14.1. The molecule has 1 unspecified atom stereocenters. The van der Waals surface area contributed by atoms with Gasteiger partial charge in [0.2, 0.25) is 0 Å². The fourth-order valence-corrected chi connectivity index (χ4v) is 7.70. The number of esters is 1. The Balaban J connectivity index is 1.61. The molecular weight excluding hydrogens is 627 g/mol. The lowest BCUT2D eigenvalue weighted by molar-refractivity contribution is -0.345. The van der Waals surface area contributed by atoms with E-state index in [1.807, 2.05) is 71.1 Å². The van der Waals surface area contributed by atoms with Crippen molar-refractivity contribution in [2.24, 2.45) is 0 Å². The average molecular weight is 680 g/mol. The molecule has 0 N–H and O–H groups in total. The second-order valence-electron chi connectivity index (χ2n) is 14.6. The predicted octanol–water partition coefficient (Wildman–Crippen LogP) is 8.68. The highest BCUT2D eigenvalue weighted by Crippen LogP contribution is 2.42. The van der Waals surface area contributed by atoms with Gasteiger partial charge in [-0.05, 0) is 134 Å². The van der Waals surface area contributed by atoms with Gasteiger partial charge in [0.25, 0.3) is 0 Å². The number of alkyl halides is 3. The number of hydrogen-bond donors (Lipinski definition) is 0. The van der Waals surface area contributed by atoms with E-state index >= 15 is 0 Å². The molecule has 2 fully saturated rings. The number of nitrogens with zero attached hydrogens (tertiary/aromatic N) is 3. The Bertz CT molecular complexity index is 1320. The number of likely N-dealkylation sites (N-methyl/N-ethyl adjacent to an activating group) is 1. The van der Waals surface area contributed by atoms with Gasteiger partial charge in [0.15, 0.2) is 0 Å². The molecule has 47 heavy (non-hydrogen) atoms. The molecule has 1 saturated carbocycles. The minimum Gasteiger partial charge on any atom is -0.459 e. The van der Waals surface area contributed by atoms with Crippen molar-refractivity contribution in [1.82, 2.24) is 14.7 Å². The smallest absolute Gasteiger partial charge is 0.459 e. The minimum absolute atomic E-state index is 0.0230. The molecule has 1 heterocycles. The van der Waals surface area contributed by atoms with E-state index in [0.29, 0.717) is 43.3 Å². The standard InChI is InChI=1S/C37H53ClF3N3O3/c1-25-10-8-13-31(33(25)26-14-16-30(17-15-26)46-37(39,40)41)34(35(45)47-36(2,3)4)43(7)21-20-32(27-11-9-12-28(38)24-27)44-22-18-29(19-23-44)42(5)6/h8-13,24,26,29-30,32,34H,14-23H2,1-7H3/t26?,30?,32-,34?/m0/s1. The SMILES string of the molecule is Cc1cccc(C(C(=O)OC(C)(C)C)N(C)CC[C@@H](c2cccc(Cl)c2)N2CCC(N(C)C)CC2)c1C1CCC(OC(F)(F)F)CC1. The Kier molecular flexibility index (Phi) is 12.8. The van der Waals surface area contributed by atoms with Gasteiger partial charge in [-0.1, -0.05) is 41.9 Å². The number of benzene rings is 2. The van der Waals surface area contributed by atoms with E-state index in [2.05, 4.69) is 39.6 Å². The molecule has 0 amide bonds. The normalized spacial score (nSPS) is 21.6. The number of hydrogen-bond acceptors (Lipinski definition) is 6. The van der Waals surface area contributed by atoms with Crippen molar-refractivity contribution in [1.29, 1.82) is 0 Å². The average Bonchev–Trinajstić information content (AvgIpc) is 2.97. The summed E-state index contributed by atoms with van der Waals surface area (Å²) >= 11 is 6.48. The highest BCUT2D eigenvalue weighted by molar-refractivity contribution is 6.30. The van der Waals surface area contributed by atoms with Gasteiger partial charge in [-0.25, -0.2) is 4.79 Å². The van der Waals surface area contributed by atoms with Crippen LogP contribution in [0.1, 0.15) is 106 Å². The van der Waals surface area contributed by atoms with Crippen molar-refractivity contribution in [3.05, 3.63) is 69.7 Å². The van der Waals surface area contributed by atoms with Crippen LogP contribution in [-0.2, 0) is 14.3 Å². The van der Waals surface area contributed by atoms with E-state index in [1.54, 1.807) is 0 Å². The minimum atomic E-state index is -4.64. The highest BCUT2D eigenvalue weighted by atomic mass is 35.5. The number of carbonyl (C=O) groups excluding carboxylic acids is 1. The van der Waals surface area contributed by atoms with Gasteiger partial charge in [-0.2, -0.15) is 0 Å². The number of piperidine rings is 1. The third-order valence-electron chi connectivity index (χ3n) is 9.76. The predicted molar refractivity (Wildman–Crippen MR) is 182 cm³/mol. The first kappa shape index (κ1) is 37.6. The van der Waals surface area contributed by atoms with Gasteiger partial charge < -0.3 is 9.64 Å². The van der Waals surface area contributed by atoms with Crippen LogP contribution in [0.25, 0.3) is 0 Å². The molecule has 1 aliphatic heterocycles. The van der Waals surface area contributed by atoms with E-state index in [1.165, 1.54) is 0 Å². The summed E-state index contributed by atoms with van der Waals surface area (Å²) in [5.41, 5.74) is 3.42. The van der Waals surface area contributed by atoms with Crippen LogP contribution in [-0.4, -0.2) is 85.6 Å². The molecule has 2 atom stereocenters. The molecule has 0 aromatic heterocycles. The van der Waals surface area contributed by atoms with Crippen LogP contribution in [0.5, 0.6) is 0 Å². The van der Waals surface area contributed by atoms with E-state index in [9.17, 15) is 18.0 Å². The lowest BCUT2D eigenvalue weighted by Gasteiger charge is -2.41. The van der Waals surface area contributed by atoms with Crippen LogP contribution in [0.4, 0.5) is 13.2 Å². The number of likely N-dealkylation sites (tertiary alicyclic amines) is 1. The van der Waals surface area contributed by atoms with E-state index in [0.717, 1.165) is 54.6 Å². The summed E-state index contributed by atoms with van der Waals surface area (Å²) in [4.78, 5) is 21.0. The van der Waals surface area contributed by atoms with Crippen LogP contribution < -0.4 is 0 Å². The van der Waals surface area contributed by atoms with Crippen LogP contribution in [0.2, 0.25) is 5.02 Å². The van der Waals surface area contributed by atoms with E-state index in [-0.39, 0.29) is 17.9 Å². The summed E-state index contributed by atoms with van der Waals surface area (Å²) in [6.07, 6.45) is -0.772. The number of aryl methyl sites for hydroxylation is 1. The first-order valence-electron chi connectivity index (χ1n) is 17.0. The van der Waals surface area contributed by atoms with Crippen molar-refractivity contribution < 1.29 is 27.4 Å². The summed E-state index contributed by atoms with van der Waals surface area (Å²) in [6.45, 7) is 10.2. The van der Waals surface area contributed by atoms with Gasteiger partial charge in [0.05, 0.1) is 6.10 Å². The fraction of sp³-hybridized carbons (Fsp3) is 0.649. The Labute approximate surface area is 284 Å². The number of ether oxygens (including phenoxy) is 2. The number of halogens is 4. The molecule has 2 aliphatic rings. The molecule has 6 nitrogen and oxygen atoms in total. The van der Waals surface area contributed by atoms with E-state index < -0.39 is 24.1 Å². The van der Waals surface area contributed by atoms with Crippen LogP contribution in [0.3, 0.4) is 0 Å². The quantitative estimate of drug-likeness (QED) is 0.222. The maximum absolute atomic E-state index is 14.1. The second kappa shape index (κ2) is 16.0. The Hall–Kier alpha value is -2.17. The molecule has 2 aromatic rings. The first-order valence-corrected chi connectivity index (χ1v) is 17.3. The van der Waals surface area contributed by atoms with Crippen LogP contribution in [0.15, 0.2) is 42.5 Å². The fourth-order valence-electron chi connectivity index (χ4n) is 7.50. The zero-order valence-electron chi connectivity index (χ0n) is 29.1. The summed E-state index contributed by atoms with van der Waals surface area (Å²) < 4.78 is 49.2. The largest absolute Gasteiger partial charge is 0.522 e. The Morgan fingerprint density at radius 3 is 2.19 bits per heavy atom. The molecule has 0 bridgehead atoms. The summed E-state index contributed by atoms with van der Waals surface area (Å²) in [5, 5.41) is 0.704. The van der Waals surface area contributed by atoms with Gasteiger partial charge in [-0.3, -0.25) is 14.5 Å². The maximum Gasteiger partial charge on any atom is 0.522 e. The Morgan fingerprint density at radius 2 is 1.62 bits per heavy atom. The van der Waals surface area contributed by atoms with Gasteiger partial charge >= 0.3 is 12.3 Å². The molecule has 0 radical (unpaired) electrons. The van der Waals surface area contributed by atoms with Gasteiger partial charge in [-0.15, -0.1) is 13.2 Å². The molecule has 0 spiro atoms.